The Bertz CT molecular complexity index is 1480. The van der Waals surface area contributed by atoms with Crippen LogP contribution in [-0.2, 0) is 6.61 Å². The van der Waals surface area contributed by atoms with Gasteiger partial charge in [0.2, 0.25) is 0 Å². The van der Waals surface area contributed by atoms with Gasteiger partial charge < -0.3 is 10.1 Å². The molecule has 0 aromatic heterocycles. The smallest absolute Gasteiger partial charge is 0.128 e. The second-order valence-corrected chi connectivity index (χ2v) is 10.9. The lowest BCUT2D eigenvalue weighted by molar-refractivity contribution is 0.306. The Balaban J connectivity index is 1.19. The molecule has 184 valence electrons. The SMILES string of the molecule is Clc1cccc(COc2ccc(Br)cc2C=Nc2ccc([C@@H]3Nc4ccccc4[C@H]4C=CC[C@H]43)cc2)c1. The van der Waals surface area contributed by atoms with Crippen molar-refractivity contribution in [3.8, 4) is 5.75 Å². The Morgan fingerprint density at radius 1 is 0.973 bits per heavy atom. The summed E-state index contributed by atoms with van der Waals surface area (Å²) in [6.07, 6.45) is 7.66. The fourth-order valence-electron chi connectivity index (χ4n) is 5.32. The van der Waals surface area contributed by atoms with Crippen LogP contribution < -0.4 is 10.1 Å². The number of aliphatic imine (C=N–C) groups is 1. The molecule has 5 heteroatoms. The molecule has 4 aromatic rings. The van der Waals surface area contributed by atoms with Crippen molar-refractivity contribution in [1.82, 2.24) is 0 Å². The van der Waals surface area contributed by atoms with Crippen molar-refractivity contribution in [3.63, 3.8) is 0 Å². The summed E-state index contributed by atoms with van der Waals surface area (Å²) in [7, 11) is 0. The molecule has 3 atom stereocenters. The van der Waals surface area contributed by atoms with Crippen molar-refractivity contribution in [3.05, 3.63) is 135 Å². The van der Waals surface area contributed by atoms with E-state index in [1.807, 2.05) is 48.7 Å². The van der Waals surface area contributed by atoms with Crippen LogP contribution in [0.25, 0.3) is 0 Å². The largest absolute Gasteiger partial charge is 0.488 e. The van der Waals surface area contributed by atoms with E-state index in [1.165, 1.54) is 16.8 Å². The van der Waals surface area contributed by atoms with Crippen LogP contribution in [0.1, 0.15) is 40.6 Å². The van der Waals surface area contributed by atoms with E-state index in [4.69, 9.17) is 21.3 Å². The average molecular weight is 570 g/mol. The highest BCUT2D eigenvalue weighted by atomic mass is 79.9. The topological polar surface area (TPSA) is 33.6 Å². The van der Waals surface area contributed by atoms with Crippen LogP contribution in [-0.4, -0.2) is 6.21 Å². The minimum Gasteiger partial charge on any atom is -0.488 e. The molecule has 0 saturated heterocycles. The zero-order chi connectivity index (χ0) is 25.2. The maximum atomic E-state index is 6.12. The monoisotopic (exact) mass is 568 g/mol. The number of allylic oxidation sites excluding steroid dienone is 2. The first-order valence-corrected chi connectivity index (χ1v) is 13.6. The molecule has 0 spiro atoms. The number of nitrogens with one attached hydrogen (secondary N) is 1. The highest BCUT2D eigenvalue weighted by molar-refractivity contribution is 9.10. The molecule has 0 radical (unpaired) electrons. The Kier molecular flexibility index (Phi) is 6.86. The van der Waals surface area contributed by atoms with Crippen LogP contribution in [0.2, 0.25) is 5.02 Å². The first-order valence-electron chi connectivity index (χ1n) is 12.5. The van der Waals surface area contributed by atoms with Gasteiger partial charge in [-0.1, -0.05) is 82.1 Å². The number of ether oxygens (including phenoxy) is 1. The lowest BCUT2D eigenvalue weighted by atomic mass is 9.77. The fraction of sp³-hybridized carbons (Fsp3) is 0.156. The zero-order valence-corrected chi connectivity index (χ0v) is 22.5. The van der Waals surface area contributed by atoms with Crippen molar-refractivity contribution >= 4 is 45.1 Å². The quantitative estimate of drug-likeness (QED) is 0.185. The van der Waals surface area contributed by atoms with E-state index < -0.39 is 0 Å². The van der Waals surface area contributed by atoms with Crippen LogP contribution in [0.4, 0.5) is 11.4 Å². The number of benzene rings is 4. The van der Waals surface area contributed by atoms with Crippen molar-refractivity contribution in [2.45, 2.75) is 25.0 Å². The summed E-state index contributed by atoms with van der Waals surface area (Å²) < 4.78 is 7.08. The fourth-order valence-corrected chi connectivity index (χ4v) is 5.92. The third kappa shape index (κ3) is 5.22. The molecular formula is C32H26BrClN2O. The summed E-state index contributed by atoms with van der Waals surface area (Å²) in [4.78, 5) is 4.76. The highest BCUT2D eigenvalue weighted by Gasteiger charge is 2.37. The molecule has 0 unspecified atom stereocenters. The molecule has 0 bridgehead atoms. The van der Waals surface area contributed by atoms with Gasteiger partial charge in [-0.3, -0.25) is 4.99 Å². The molecule has 2 aliphatic rings. The number of rotatable bonds is 6. The maximum absolute atomic E-state index is 6.12. The van der Waals surface area contributed by atoms with Crippen LogP contribution in [0.15, 0.2) is 113 Å². The molecule has 3 nitrogen and oxygen atoms in total. The molecule has 1 aliphatic heterocycles. The van der Waals surface area contributed by atoms with Crippen molar-refractivity contribution in [2.24, 2.45) is 10.9 Å². The van der Waals surface area contributed by atoms with Crippen molar-refractivity contribution in [1.29, 1.82) is 0 Å². The third-order valence-corrected chi connectivity index (χ3v) is 7.86. The second kappa shape index (κ2) is 10.6. The van der Waals surface area contributed by atoms with E-state index in [0.717, 1.165) is 33.5 Å². The van der Waals surface area contributed by atoms with E-state index >= 15 is 0 Å². The van der Waals surface area contributed by atoms with Gasteiger partial charge in [0.15, 0.2) is 0 Å². The number of para-hydroxylation sites is 1. The normalized spacial score (nSPS) is 19.9. The lowest BCUT2D eigenvalue weighted by Gasteiger charge is -2.37. The molecule has 0 saturated carbocycles. The van der Waals surface area contributed by atoms with Gasteiger partial charge in [0.1, 0.15) is 12.4 Å². The summed E-state index contributed by atoms with van der Waals surface area (Å²) in [6, 6.07) is 31.2. The summed E-state index contributed by atoms with van der Waals surface area (Å²) in [5.74, 6) is 1.78. The van der Waals surface area contributed by atoms with Gasteiger partial charge in [-0.05, 0) is 77.6 Å². The number of hydrogen-bond acceptors (Lipinski definition) is 3. The number of halogens is 2. The van der Waals surface area contributed by atoms with Crippen LogP contribution in [0.3, 0.4) is 0 Å². The van der Waals surface area contributed by atoms with Gasteiger partial charge in [-0.2, -0.15) is 0 Å². The predicted molar refractivity (Wildman–Crippen MR) is 156 cm³/mol. The Labute approximate surface area is 231 Å². The molecule has 0 amide bonds. The second-order valence-electron chi connectivity index (χ2n) is 9.51. The van der Waals surface area contributed by atoms with Gasteiger partial charge in [0.05, 0.1) is 11.7 Å². The van der Waals surface area contributed by atoms with Crippen LogP contribution in [0.5, 0.6) is 5.75 Å². The maximum Gasteiger partial charge on any atom is 0.128 e. The van der Waals surface area contributed by atoms with Crippen molar-refractivity contribution in [2.75, 3.05) is 5.32 Å². The predicted octanol–water partition coefficient (Wildman–Crippen LogP) is 9.26. The summed E-state index contributed by atoms with van der Waals surface area (Å²) in [5.41, 5.74) is 6.77. The summed E-state index contributed by atoms with van der Waals surface area (Å²) in [6.45, 7) is 0.437. The highest BCUT2D eigenvalue weighted by Crippen LogP contribution is 2.49. The van der Waals surface area contributed by atoms with Gasteiger partial charge >= 0.3 is 0 Å². The number of nitrogens with zero attached hydrogens (tertiary/aromatic N) is 1. The molecule has 4 aromatic carbocycles. The minimum absolute atomic E-state index is 0.282. The number of fused-ring (bicyclic) bond motifs is 3. The molecule has 37 heavy (non-hydrogen) atoms. The van der Waals surface area contributed by atoms with E-state index in [2.05, 4.69) is 81.9 Å². The zero-order valence-electron chi connectivity index (χ0n) is 20.1. The number of hydrogen-bond donors (Lipinski definition) is 1. The van der Waals surface area contributed by atoms with E-state index in [9.17, 15) is 0 Å². The van der Waals surface area contributed by atoms with Gasteiger partial charge in [-0.25, -0.2) is 0 Å². The molecular weight excluding hydrogens is 544 g/mol. The van der Waals surface area contributed by atoms with E-state index in [1.54, 1.807) is 0 Å². The Morgan fingerprint density at radius 2 is 1.84 bits per heavy atom. The van der Waals surface area contributed by atoms with Gasteiger partial charge in [0, 0.05) is 32.9 Å². The average Bonchev–Trinajstić information content (AvgIpc) is 3.42. The van der Waals surface area contributed by atoms with Gasteiger partial charge in [-0.15, -0.1) is 0 Å². The van der Waals surface area contributed by atoms with Crippen LogP contribution >= 0.6 is 27.5 Å². The van der Waals surface area contributed by atoms with E-state index in [0.29, 0.717) is 23.5 Å². The van der Waals surface area contributed by atoms with Crippen molar-refractivity contribution < 1.29 is 4.74 Å². The molecule has 1 aliphatic carbocycles. The molecule has 6 rings (SSSR count). The minimum atomic E-state index is 0.282. The third-order valence-electron chi connectivity index (χ3n) is 7.13. The number of anilines is 1. The van der Waals surface area contributed by atoms with Gasteiger partial charge in [0.25, 0.3) is 0 Å². The molecule has 0 fully saturated rings. The Morgan fingerprint density at radius 3 is 2.70 bits per heavy atom. The summed E-state index contributed by atoms with van der Waals surface area (Å²) in [5, 5.41) is 4.50. The summed E-state index contributed by atoms with van der Waals surface area (Å²) >= 11 is 9.68. The van der Waals surface area contributed by atoms with Crippen LogP contribution in [0, 0.1) is 5.92 Å². The molecule has 1 heterocycles. The standard InChI is InChI=1S/C32H26BrClN2O/c33-24-13-16-31(37-20-21-5-3-6-25(34)17-21)23(18-24)19-35-26-14-11-22(12-15-26)32-29-9-4-8-27(29)28-7-1-2-10-30(28)36-32/h1-8,10-19,27,29,32,36H,9,20H2/t27-,29-,32+/m1/s1. The molecule has 1 N–H and O–H groups in total. The lowest BCUT2D eigenvalue weighted by Crippen LogP contribution is -2.28. The van der Waals surface area contributed by atoms with E-state index in [-0.39, 0.29) is 6.04 Å². The first kappa shape index (κ1) is 24.0. The first-order chi connectivity index (χ1) is 18.1. The Hall–Kier alpha value is -3.34.